The smallest absolute Gasteiger partial charge is 0.234 e. The molecule has 0 aliphatic carbocycles. The predicted octanol–water partition coefficient (Wildman–Crippen LogP) is 4.64. The molecule has 2 aromatic carbocycles. The largest absolute Gasteiger partial charge is 0.325 e. The van der Waals surface area contributed by atoms with E-state index in [4.69, 9.17) is 11.6 Å². The van der Waals surface area contributed by atoms with E-state index in [1.807, 2.05) is 41.7 Å². The first kappa shape index (κ1) is 16.4. The Balaban J connectivity index is 1.50. The van der Waals surface area contributed by atoms with Crippen molar-refractivity contribution in [1.82, 2.24) is 14.6 Å². The van der Waals surface area contributed by atoms with Crippen LogP contribution in [0.2, 0.25) is 5.02 Å². The number of aryl methyl sites for hydroxylation is 1. The van der Waals surface area contributed by atoms with Crippen LogP contribution in [-0.4, -0.2) is 26.3 Å². The lowest BCUT2D eigenvalue weighted by molar-refractivity contribution is -0.113. The number of carbonyl (C=O) groups excluding carboxylic acids is 1. The molecule has 2 heterocycles. The highest BCUT2D eigenvalue weighted by atomic mass is 35.5. The van der Waals surface area contributed by atoms with Gasteiger partial charge in [0.05, 0.1) is 16.0 Å². The van der Waals surface area contributed by atoms with E-state index in [0.717, 1.165) is 20.7 Å². The Morgan fingerprint density at radius 1 is 1.28 bits per heavy atom. The number of nitrogens with zero attached hydrogens (tertiary/aromatic N) is 3. The Hall–Kier alpha value is -2.09. The van der Waals surface area contributed by atoms with Crippen molar-refractivity contribution in [2.24, 2.45) is 0 Å². The normalized spacial score (nSPS) is 11.3. The molecule has 0 radical (unpaired) electrons. The maximum Gasteiger partial charge on any atom is 0.234 e. The molecule has 1 N–H and O–H groups in total. The Kier molecular flexibility index (Phi) is 4.37. The Morgan fingerprint density at radius 2 is 2.12 bits per heavy atom. The van der Waals surface area contributed by atoms with Crippen LogP contribution in [0.15, 0.2) is 47.6 Å². The standard InChI is InChI=1S/C17H13ClN4OS2/c1-10-6-7-11(8-12(10)18)19-15(23)9-24-16-20-21-17-22(16)13-4-2-3-5-14(13)25-17/h2-8H,9H2,1H3,(H,19,23). The summed E-state index contributed by atoms with van der Waals surface area (Å²) in [4.78, 5) is 13.0. The third kappa shape index (κ3) is 3.22. The van der Waals surface area contributed by atoms with Crippen LogP contribution in [0.5, 0.6) is 0 Å². The van der Waals surface area contributed by atoms with E-state index in [1.165, 1.54) is 11.8 Å². The summed E-state index contributed by atoms with van der Waals surface area (Å²) in [5.74, 6) is 0.136. The van der Waals surface area contributed by atoms with Gasteiger partial charge in [-0.15, -0.1) is 10.2 Å². The number of amides is 1. The van der Waals surface area contributed by atoms with Crippen molar-refractivity contribution in [1.29, 1.82) is 0 Å². The van der Waals surface area contributed by atoms with Gasteiger partial charge in [-0.1, -0.05) is 52.9 Å². The minimum absolute atomic E-state index is 0.110. The number of nitrogens with one attached hydrogen (secondary N) is 1. The number of anilines is 1. The summed E-state index contributed by atoms with van der Waals surface area (Å²) < 4.78 is 3.13. The predicted molar refractivity (Wildman–Crippen MR) is 104 cm³/mol. The highest BCUT2D eigenvalue weighted by molar-refractivity contribution is 7.99. The van der Waals surface area contributed by atoms with Crippen LogP contribution in [0.4, 0.5) is 5.69 Å². The number of carbonyl (C=O) groups is 1. The van der Waals surface area contributed by atoms with Gasteiger partial charge < -0.3 is 5.32 Å². The molecule has 0 aliphatic heterocycles. The van der Waals surface area contributed by atoms with Crippen LogP contribution in [0, 0.1) is 6.92 Å². The monoisotopic (exact) mass is 388 g/mol. The van der Waals surface area contributed by atoms with Gasteiger partial charge in [-0.3, -0.25) is 9.20 Å². The average Bonchev–Trinajstić information content (AvgIpc) is 3.15. The molecule has 1 amide bonds. The van der Waals surface area contributed by atoms with Crippen LogP contribution >= 0.6 is 34.7 Å². The van der Waals surface area contributed by atoms with Crippen molar-refractivity contribution in [3.8, 4) is 0 Å². The van der Waals surface area contributed by atoms with Crippen molar-refractivity contribution in [3.63, 3.8) is 0 Å². The first-order valence-corrected chi connectivity index (χ1v) is 9.71. The summed E-state index contributed by atoms with van der Waals surface area (Å²) >= 11 is 9.03. The Labute approximate surface area is 157 Å². The van der Waals surface area contributed by atoms with Crippen molar-refractivity contribution in [3.05, 3.63) is 53.1 Å². The fraction of sp³-hybridized carbons (Fsp3) is 0.118. The molecule has 0 saturated carbocycles. The number of hydrogen-bond donors (Lipinski definition) is 1. The number of para-hydroxylation sites is 1. The fourth-order valence-electron chi connectivity index (χ4n) is 2.45. The SMILES string of the molecule is Cc1ccc(NC(=O)CSc2nnc3sc4ccccc4n23)cc1Cl. The molecular formula is C17H13ClN4OS2. The minimum atomic E-state index is -0.110. The van der Waals surface area contributed by atoms with Crippen molar-refractivity contribution in [2.45, 2.75) is 12.1 Å². The minimum Gasteiger partial charge on any atom is -0.325 e. The van der Waals surface area contributed by atoms with Gasteiger partial charge in [-0.2, -0.15) is 0 Å². The van der Waals surface area contributed by atoms with Crippen molar-refractivity contribution < 1.29 is 4.79 Å². The molecule has 25 heavy (non-hydrogen) atoms. The highest BCUT2D eigenvalue weighted by Gasteiger charge is 2.14. The zero-order chi connectivity index (χ0) is 17.4. The molecule has 0 aliphatic rings. The number of fused-ring (bicyclic) bond motifs is 3. The van der Waals surface area contributed by atoms with E-state index in [9.17, 15) is 4.79 Å². The maximum absolute atomic E-state index is 12.2. The number of rotatable bonds is 4. The number of thiazole rings is 1. The molecule has 0 unspecified atom stereocenters. The number of halogens is 1. The summed E-state index contributed by atoms with van der Waals surface area (Å²) in [7, 11) is 0. The molecule has 0 saturated heterocycles. The van der Waals surface area contributed by atoms with Crippen LogP contribution in [-0.2, 0) is 4.79 Å². The summed E-state index contributed by atoms with van der Waals surface area (Å²) in [6, 6.07) is 13.5. The third-order valence-corrected chi connectivity index (χ3v) is 6.05. The molecule has 0 spiro atoms. The fourth-order valence-corrected chi connectivity index (χ4v) is 4.39. The number of benzene rings is 2. The first-order valence-electron chi connectivity index (χ1n) is 7.53. The number of hydrogen-bond acceptors (Lipinski definition) is 5. The quantitative estimate of drug-likeness (QED) is 0.517. The van der Waals surface area contributed by atoms with E-state index in [2.05, 4.69) is 21.6 Å². The molecule has 0 fully saturated rings. The van der Waals surface area contributed by atoms with Gasteiger partial charge in [0.15, 0.2) is 5.16 Å². The van der Waals surface area contributed by atoms with Gasteiger partial charge in [0.1, 0.15) is 0 Å². The van der Waals surface area contributed by atoms with Crippen LogP contribution < -0.4 is 5.32 Å². The third-order valence-electron chi connectivity index (χ3n) is 3.70. The van der Waals surface area contributed by atoms with Crippen LogP contribution in [0.25, 0.3) is 15.2 Å². The maximum atomic E-state index is 12.2. The summed E-state index contributed by atoms with van der Waals surface area (Å²) in [6.45, 7) is 1.92. The van der Waals surface area contributed by atoms with E-state index in [1.54, 1.807) is 17.4 Å². The van der Waals surface area contributed by atoms with Gasteiger partial charge in [0.25, 0.3) is 0 Å². The second kappa shape index (κ2) is 6.67. The second-order valence-corrected chi connectivity index (χ2v) is 7.83. The zero-order valence-electron chi connectivity index (χ0n) is 13.2. The van der Waals surface area contributed by atoms with E-state index in [0.29, 0.717) is 15.9 Å². The molecule has 4 rings (SSSR count). The van der Waals surface area contributed by atoms with E-state index < -0.39 is 0 Å². The van der Waals surface area contributed by atoms with Crippen LogP contribution in [0.1, 0.15) is 5.56 Å². The molecule has 126 valence electrons. The average molecular weight is 389 g/mol. The molecular weight excluding hydrogens is 376 g/mol. The van der Waals surface area contributed by atoms with Gasteiger partial charge >= 0.3 is 0 Å². The van der Waals surface area contributed by atoms with Gasteiger partial charge in [-0.25, -0.2) is 0 Å². The number of aromatic nitrogens is 3. The second-order valence-electron chi connectivity index (χ2n) is 5.47. The highest BCUT2D eigenvalue weighted by Crippen LogP contribution is 2.29. The lowest BCUT2D eigenvalue weighted by Crippen LogP contribution is -2.14. The first-order chi connectivity index (χ1) is 12.1. The van der Waals surface area contributed by atoms with Crippen molar-refractivity contribution in [2.75, 3.05) is 11.1 Å². The summed E-state index contributed by atoms with van der Waals surface area (Å²) in [5.41, 5.74) is 2.72. The summed E-state index contributed by atoms with van der Waals surface area (Å²) in [6.07, 6.45) is 0. The molecule has 0 atom stereocenters. The lowest BCUT2D eigenvalue weighted by Gasteiger charge is -2.06. The topological polar surface area (TPSA) is 59.3 Å². The van der Waals surface area contributed by atoms with Gasteiger partial charge in [-0.05, 0) is 36.8 Å². The van der Waals surface area contributed by atoms with Crippen molar-refractivity contribution >= 4 is 61.5 Å². The lowest BCUT2D eigenvalue weighted by atomic mass is 10.2. The Bertz CT molecular complexity index is 1090. The molecule has 5 nitrogen and oxygen atoms in total. The van der Waals surface area contributed by atoms with E-state index in [-0.39, 0.29) is 11.7 Å². The number of thioether (sulfide) groups is 1. The molecule has 2 aromatic heterocycles. The Morgan fingerprint density at radius 3 is 2.96 bits per heavy atom. The zero-order valence-corrected chi connectivity index (χ0v) is 15.6. The van der Waals surface area contributed by atoms with Crippen LogP contribution in [0.3, 0.4) is 0 Å². The molecule has 8 heteroatoms. The summed E-state index contributed by atoms with van der Waals surface area (Å²) in [5, 5.41) is 12.6. The molecule has 4 aromatic rings. The van der Waals surface area contributed by atoms with Gasteiger partial charge in [0, 0.05) is 10.7 Å². The molecule has 0 bridgehead atoms. The van der Waals surface area contributed by atoms with E-state index >= 15 is 0 Å². The van der Waals surface area contributed by atoms with Gasteiger partial charge in [0.2, 0.25) is 10.9 Å².